The highest BCUT2D eigenvalue weighted by Crippen LogP contribution is 2.27. The Bertz CT molecular complexity index is 415. The van der Waals surface area contributed by atoms with Crippen LogP contribution in [-0.4, -0.2) is 35.5 Å². The van der Waals surface area contributed by atoms with Gasteiger partial charge in [-0.3, -0.25) is 15.0 Å². The van der Waals surface area contributed by atoms with Gasteiger partial charge >= 0.3 is 0 Å². The summed E-state index contributed by atoms with van der Waals surface area (Å²) in [6.45, 7) is 3.04. The van der Waals surface area contributed by atoms with Gasteiger partial charge in [0.05, 0.1) is 4.92 Å². The molecule has 1 aromatic rings. The third-order valence-corrected chi connectivity index (χ3v) is 3.50. The molecule has 0 radical (unpaired) electrons. The fourth-order valence-electron chi connectivity index (χ4n) is 1.95. The maximum Gasteiger partial charge on any atom is 0.269 e. The molecular formula is C13H19N3O2. The van der Waals surface area contributed by atoms with Crippen LogP contribution in [0.2, 0.25) is 0 Å². The SMILES string of the molecule is CC(CNc1ccc([N+](=O)[O-])cc1)N(C)C1CC1. The monoisotopic (exact) mass is 249 g/mol. The van der Waals surface area contributed by atoms with Crippen molar-refractivity contribution in [3.05, 3.63) is 34.4 Å². The first-order valence-electron chi connectivity index (χ1n) is 6.28. The van der Waals surface area contributed by atoms with E-state index in [0.717, 1.165) is 18.3 Å². The van der Waals surface area contributed by atoms with Gasteiger partial charge in [0.1, 0.15) is 0 Å². The van der Waals surface area contributed by atoms with E-state index in [1.165, 1.54) is 25.0 Å². The van der Waals surface area contributed by atoms with Gasteiger partial charge in [0.25, 0.3) is 5.69 Å². The van der Waals surface area contributed by atoms with Crippen molar-refractivity contribution in [1.29, 1.82) is 0 Å². The van der Waals surface area contributed by atoms with E-state index in [2.05, 4.69) is 24.2 Å². The molecule has 0 heterocycles. The van der Waals surface area contributed by atoms with E-state index in [0.29, 0.717) is 6.04 Å². The molecule has 1 unspecified atom stereocenters. The van der Waals surface area contributed by atoms with E-state index in [-0.39, 0.29) is 10.6 Å². The summed E-state index contributed by atoms with van der Waals surface area (Å²) >= 11 is 0. The van der Waals surface area contributed by atoms with Gasteiger partial charge in [0, 0.05) is 36.4 Å². The van der Waals surface area contributed by atoms with Crippen molar-refractivity contribution in [2.45, 2.75) is 31.8 Å². The Morgan fingerprint density at radius 1 is 1.44 bits per heavy atom. The third kappa shape index (κ3) is 3.20. The van der Waals surface area contributed by atoms with Gasteiger partial charge in [-0.05, 0) is 38.9 Å². The number of hydrogen-bond donors (Lipinski definition) is 1. The number of nitrogens with one attached hydrogen (secondary N) is 1. The van der Waals surface area contributed by atoms with Crippen molar-refractivity contribution < 1.29 is 4.92 Å². The van der Waals surface area contributed by atoms with E-state index in [1.54, 1.807) is 12.1 Å². The smallest absolute Gasteiger partial charge is 0.269 e. The maximum atomic E-state index is 10.5. The minimum Gasteiger partial charge on any atom is -0.383 e. The molecule has 98 valence electrons. The lowest BCUT2D eigenvalue weighted by Crippen LogP contribution is -2.36. The Balaban J connectivity index is 1.83. The molecule has 2 rings (SSSR count). The van der Waals surface area contributed by atoms with Gasteiger partial charge in [-0.15, -0.1) is 0 Å². The molecule has 0 spiro atoms. The molecule has 0 bridgehead atoms. The van der Waals surface area contributed by atoms with E-state index in [4.69, 9.17) is 0 Å². The lowest BCUT2D eigenvalue weighted by Gasteiger charge is -2.25. The van der Waals surface area contributed by atoms with Crippen LogP contribution in [0.15, 0.2) is 24.3 Å². The van der Waals surface area contributed by atoms with E-state index in [9.17, 15) is 10.1 Å². The molecule has 0 aliphatic heterocycles. The molecule has 0 amide bonds. The summed E-state index contributed by atoms with van der Waals surface area (Å²) in [7, 11) is 2.15. The summed E-state index contributed by atoms with van der Waals surface area (Å²) in [5.41, 5.74) is 1.06. The van der Waals surface area contributed by atoms with Gasteiger partial charge in [-0.1, -0.05) is 0 Å². The average molecular weight is 249 g/mol. The predicted octanol–water partition coefficient (Wildman–Crippen LogP) is 2.49. The number of nitro groups is 1. The number of hydrogen-bond acceptors (Lipinski definition) is 4. The summed E-state index contributed by atoms with van der Waals surface area (Å²) in [5.74, 6) is 0. The number of likely N-dealkylation sites (N-methyl/N-ethyl adjacent to an activating group) is 1. The number of benzene rings is 1. The fourth-order valence-corrected chi connectivity index (χ4v) is 1.95. The van der Waals surface area contributed by atoms with Gasteiger partial charge in [0.2, 0.25) is 0 Å². The average Bonchev–Trinajstić information content (AvgIpc) is 3.19. The highest BCUT2D eigenvalue weighted by molar-refractivity contribution is 5.48. The van der Waals surface area contributed by atoms with Crippen LogP contribution in [-0.2, 0) is 0 Å². The maximum absolute atomic E-state index is 10.5. The first-order valence-corrected chi connectivity index (χ1v) is 6.28. The molecule has 1 aliphatic rings. The standard InChI is InChI=1S/C13H19N3O2/c1-10(15(2)12-7-8-12)9-14-11-3-5-13(6-4-11)16(17)18/h3-6,10,12,14H,7-9H2,1-2H3. The van der Waals surface area contributed by atoms with E-state index < -0.39 is 0 Å². The Morgan fingerprint density at radius 2 is 2.06 bits per heavy atom. The fraction of sp³-hybridized carbons (Fsp3) is 0.538. The lowest BCUT2D eigenvalue weighted by molar-refractivity contribution is -0.384. The molecule has 1 fully saturated rings. The van der Waals surface area contributed by atoms with Crippen LogP contribution < -0.4 is 5.32 Å². The van der Waals surface area contributed by atoms with Crippen molar-refractivity contribution in [3.63, 3.8) is 0 Å². The Kier molecular flexibility index (Phi) is 3.81. The van der Waals surface area contributed by atoms with Gasteiger partial charge in [-0.2, -0.15) is 0 Å². The first-order chi connectivity index (χ1) is 8.58. The van der Waals surface area contributed by atoms with Crippen LogP contribution in [0.3, 0.4) is 0 Å². The van der Waals surface area contributed by atoms with Crippen LogP contribution in [0.25, 0.3) is 0 Å². The van der Waals surface area contributed by atoms with Crippen molar-refractivity contribution in [3.8, 4) is 0 Å². The molecule has 0 saturated heterocycles. The zero-order valence-corrected chi connectivity index (χ0v) is 10.8. The van der Waals surface area contributed by atoms with Crippen molar-refractivity contribution >= 4 is 11.4 Å². The number of nitrogens with zero attached hydrogens (tertiary/aromatic N) is 2. The molecule has 5 heteroatoms. The molecule has 1 saturated carbocycles. The summed E-state index contributed by atoms with van der Waals surface area (Å²) in [5, 5.41) is 13.8. The van der Waals surface area contributed by atoms with Crippen LogP contribution in [0.5, 0.6) is 0 Å². The van der Waals surface area contributed by atoms with E-state index >= 15 is 0 Å². The Morgan fingerprint density at radius 3 is 2.56 bits per heavy atom. The first kappa shape index (κ1) is 12.8. The van der Waals surface area contributed by atoms with E-state index in [1.807, 2.05) is 0 Å². The minimum atomic E-state index is -0.382. The highest BCUT2D eigenvalue weighted by atomic mass is 16.6. The zero-order chi connectivity index (χ0) is 13.1. The van der Waals surface area contributed by atoms with Crippen molar-refractivity contribution in [2.75, 3.05) is 18.9 Å². The highest BCUT2D eigenvalue weighted by Gasteiger charge is 2.28. The molecule has 18 heavy (non-hydrogen) atoms. The quantitative estimate of drug-likeness (QED) is 0.621. The van der Waals surface area contributed by atoms with Crippen molar-refractivity contribution in [1.82, 2.24) is 4.90 Å². The molecule has 5 nitrogen and oxygen atoms in total. The number of nitro benzene ring substituents is 1. The molecule has 0 aromatic heterocycles. The van der Waals surface area contributed by atoms with Gasteiger partial charge < -0.3 is 5.32 Å². The molecule has 1 N–H and O–H groups in total. The molecule has 1 aliphatic carbocycles. The summed E-state index contributed by atoms with van der Waals surface area (Å²) in [6, 6.07) is 7.77. The third-order valence-electron chi connectivity index (χ3n) is 3.50. The molecule has 1 atom stereocenters. The number of non-ortho nitro benzene ring substituents is 1. The summed E-state index contributed by atoms with van der Waals surface area (Å²) in [4.78, 5) is 12.5. The van der Waals surface area contributed by atoms with Crippen LogP contribution >= 0.6 is 0 Å². The molecular weight excluding hydrogens is 230 g/mol. The van der Waals surface area contributed by atoms with Crippen molar-refractivity contribution in [2.24, 2.45) is 0 Å². The summed E-state index contributed by atoms with van der Waals surface area (Å²) < 4.78 is 0. The number of rotatable bonds is 6. The Hall–Kier alpha value is -1.62. The predicted molar refractivity (Wildman–Crippen MR) is 71.8 cm³/mol. The topological polar surface area (TPSA) is 58.4 Å². The van der Waals surface area contributed by atoms with Crippen LogP contribution in [0.4, 0.5) is 11.4 Å². The summed E-state index contributed by atoms with van der Waals surface area (Å²) in [6.07, 6.45) is 2.61. The largest absolute Gasteiger partial charge is 0.383 e. The normalized spacial score (nSPS) is 16.6. The van der Waals surface area contributed by atoms with Gasteiger partial charge in [0.15, 0.2) is 0 Å². The van der Waals surface area contributed by atoms with Crippen LogP contribution in [0, 0.1) is 10.1 Å². The second kappa shape index (κ2) is 5.35. The number of anilines is 1. The Labute approximate surface area is 107 Å². The molecule has 1 aromatic carbocycles. The van der Waals surface area contributed by atoms with Crippen LogP contribution in [0.1, 0.15) is 19.8 Å². The minimum absolute atomic E-state index is 0.128. The lowest BCUT2D eigenvalue weighted by atomic mass is 10.2. The zero-order valence-electron chi connectivity index (χ0n) is 10.8. The second-order valence-corrected chi connectivity index (χ2v) is 4.93. The second-order valence-electron chi connectivity index (χ2n) is 4.93. The van der Waals surface area contributed by atoms with Gasteiger partial charge in [-0.25, -0.2) is 0 Å².